The van der Waals surface area contributed by atoms with Gasteiger partial charge in [0, 0.05) is 17.2 Å². The summed E-state index contributed by atoms with van der Waals surface area (Å²) in [7, 11) is 0. The number of ether oxygens (including phenoxy) is 1. The van der Waals surface area contributed by atoms with Crippen molar-refractivity contribution < 1.29 is 4.74 Å². The molecule has 0 spiro atoms. The fourth-order valence-electron chi connectivity index (χ4n) is 3.54. The van der Waals surface area contributed by atoms with Crippen LogP contribution in [0.25, 0.3) is 33.7 Å². The van der Waals surface area contributed by atoms with Gasteiger partial charge in [0.15, 0.2) is 11.3 Å². The Morgan fingerprint density at radius 1 is 1.04 bits per heavy atom. The Hall–Kier alpha value is -2.21. The lowest BCUT2D eigenvalue weighted by atomic mass is 10.2. The third-order valence-electron chi connectivity index (χ3n) is 4.84. The van der Waals surface area contributed by atoms with Crippen molar-refractivity contribution in [1.82, 2.24) is 19.5 Å². The Kier molecular flexibility index (Phi) is 4.23. The lowest BCUT2D eigenvalue weighted by molar-refractivity contribution is 0.0981. The average molecular weight is 399 g/mol. The second-order valence-electron chi connectivity index (χ2n) is 6.66. The normalized spacial score (nSPS) is 17.2. The second kappa shape index (κ2) is 6.75. The molecule has 2 aromatic carbocycles. The van der Waals surface area contributed by atoms with E-state index >= 15 is 0 Å². The molecule has 5 rings (SSSR count). The number of rotatable bonds is 3. The first kappa shape index (κ1) is 16.9. The highest BCUT2D eigenvalue weighted by Gasteiger charge is 2.23. The molecule has 1 aliphatic heterocycles. The van der Waals surface area contributed by atoms with Crippen LogP contribution in [0.2, 0.25) is 10.0 Å². The van der Waals surface area contributed by atoms with Crippen molar-refractivity contribution in [2.24, 2.45) is 0 Å². The van der Waals surface area contributed by atoms with Crippen molar-refractivity contribution >= 4 is 45.5 Å². The van der Waals surface area contributed by atoms with Gasteiger partial charge in [-0.15, -0.1) is 0 Å². The molecule has 4 aromatic rings. The Bertz CT molecular complexity index is 1150. The Morgan fingerprint density at radius 2 is 1.85 bits per heavy atom. The molecule has 2 aromatic heterocycles. The molecule has 0 radical (unpaired) electrons. The van der Waals surface area contributed by atoms with Crippen molar-refractivity contribution in [1.29, 1.82) is 0 Å². The molecule has 0 unspecified atom stereocenters. The molecule has 1 atom stereocenters. The maximum absolute atomic E-state index is 6.48. The third kappa shape index (κ3) is 3.06. The van der Waals surface area contributed by atoms with E-state index < -0.39 is 0 Å². The molecule has 0 saturated carbocycles. The molecule has 0 bridgehead atoms. The molecule has 7 heteroatoms. The molecule has 0 amide bonds. The third-order valence-corrected chi connectivity index (χ3v) is 5.39. The molecular weight excluding hydrogens is 383 g/mol. The topological polar surface area (TPSA) is 52.8 Å². The van der Waals surface area contributed by atoms with Crippen LogP contribution < -0.4 is 0 Å². The number of halogens is 2. The number of aromatic nitrogens is 4. The lowest BCUT2D eigenvalue weighted by Crippen LogP contribution is -2.16. The minimum absolute atomic E-state index is 0.139. The highest BCUT2D eigenvalue weighted by molar-refractivity contribution is 6.36. The molecule has 27 heavy (non-hydrogen) atoms. The van der Waals surface area contributed by atoms with E-state index in [0.29, 0.717) is 22.2 Å². The summed E-state index contributed by atoms with van der Waals surface area (Å²) in [5.74, 6) is 0.734. The maximum Gasteiger partial charge on any atom is 0.198 e. The van der Waals surface area contributed by atoms with Gasteiger partial charge in [-0.1, -0.05) is 35.3 Å². The summed E-state index contributed by atoms with van der Waals surface area (Å²) < 4.78 is 7.92. The lowest BCUT2D eigenvalue weighted by Gasteiger charge is -2.14. The first-order valence-corrected chi connectivity index (χ1v) is 9.65. The average Bonchev–Trinajstić information content (AvgIpc) is 3.29. The van der Waals surface area contributed by atoms with Crippen molar-refractivity contribution in [3.05, 3.63) is 52.5 Å². The molecule has 3 heterocycles. The first-order valence-electron chi connectivity index (χ1n) is 8.89. The smallest absolute Gasteiger partial charge is 0.198 e. The number of benzene rings is 2. The highest BCUT2D eigenvalue weighted by Crippen LogP contribution is 2.32. The number of imidazole rings is 1. The molecule has 136 valence electrons. The maximum atomic E-state index is 6.48. The van der Waals surface area contributed by atoms with E-state index in [1.54, 1.807) is 6.07 Å². The summed E-state index contributed by atoms with van der Waals surface area (Å²) in [5.41, 5.74) is 3.81. The summed E-state index contributed by atoms with van der Waals surface area (Å²) in [6.45, 7) is 1.46. The molecule has 0 N–H and O–H groups in total. The van der Waals surface area contributed by atoms with Gasteiger partial charge in [-0.2, -0.15) is 0 Å². The van der Waals surface area contributed by atoms with Crippen LogP contribution in [0.1, 0.15) is 12.8 Å². The number of hydrogen-bond donors (Lipinski definition) is 0. The van der Waals surface area contributed by atoms with E-state index in [-0.39, 0.29) is 6.10 Å². The number of para-hydroxylation sites is 2. The van der Waals surface area contributed by atoms with Crippen LogP contribution in [-0.2, 0) is 11.3 Å². The second-order valence-corrected chi connectivity index (χ2v) is 7.51. The SMILES string of the molecule is Clc1ccc(-c2nc3nc4ccccc4nc3n2C[C@H]2CCCO2)c(Cl)c1. The number of nitrogens with zero attached hydrogens (tertiary/aromatic N) is 4. The first-order chi connectivity index (χ1) is 13.2. The highest BCUT2D eigenvalue weighted by atomic mass is 35.5. The predicted octanol–water partition coefficient (Wildman–Crippen LogP) is 5.13. The van der Waals surface area contributed by atoms with Crippen molar-refractivity contribution in [2.45, 2.75) is 25.5 Å². The largest absolute Gasteiger partial charge is 0.376 e. The standard InChI is InChI=1S/C20H16Cl2N4O/c21-12-7-8-14(15(22)10-12)19-25-18-20(26(19)11-13-4-3-9-27-13)24-17-6-2-1-5-16(17)23-18/h1-2,5-8,10,13H,3-4,9,11H2/t13-/m1/s1. The summed E-state index contributed by atoms with van der Waals surface area (Å²) in [6, 6.07) is 13.2. The van der Waals surface area contributed by atoms with Crippen LogP contribution in [-0.4, -0.2) is 32.2 Å². The molecule has 1 fully saturated rings. The van der Waals surface area contributed by atoms with Crippen LogP contribution in [0.3, 0.4) is 0 Å². The minimum Gasteiger partial charge on any atom is -0.376 e. The van der Waals surface area contributed by atoms with Crippen LogP contribution in [0.15, 0.2) is 42.5 Å². The van der Waals surface area contributed by atoms with E-state index in [1.807, 2.05) is 36.4 Å². The fraction of sp³-hybridized carbons (Fsp3) is 0.250. The monoisotopic (exact) mass is 398 g/mol. The summed E-state index contributed by atoms with van der Waals surface area (Å²) in [4.78, 5) is 14.3. The van der Waals surface area contributed by atoms with Gasteiger partial charge in [0.05, 0.1) is 28.7 Å². The zero-order valence-corrected chi connectivity index (χ0v) is 15.9. The van der Waals surface area contributed by atoms with Gasteiger partial charge in [0.1, 0.15) is 5.82 Å². The number of hydrogen-bond acceptors (Lipinski definition) is 4. The molecule has 5 nitrogen and oxygen atoms in total. The van der Waals surface area contributed by atoms with Crippen LogP contribution >= 0.6 is 23.2 Å². The Balaban J connectivity index is 1.75. The van der Waals surface area contributed by atoms with Crippen LogP contribution in [0, 0.1) is 0 Å². The van der Waals surface area contributed by atoms with Gasteiger partial charge in [0.25, 0.3) is 0 Å². The molecule has 1 aliphatic rings. The zero-order chi connectivity index (χ0) is 18.4. The van der Waals surface area contributed by atoms with E-state index in [4.69, 9.17) is 42.9 Å². The molecule has 0 aliphatic carbocycles. The van der Waals surface area contributed by atoms with Gasteiger partial charge in [0.2, 0.25) is 0 Å². The summed E-state index contributed by atoms with van der Waals surface area (Å²) in [5, 5.41) is 1.14. The Labute approximate surface area is 165 Å². The van der Waals surface area contributed by atoms with E-state index in [9.17, 15) is 0 Å². The fourth-order valence-corrected chi connectivity index (χ4v) is 4.03. The van der Waals surface area contributed by atoms with Crippen molar-refractivity contribution in [3.63, 3.8) is 0 Å². The van der Waals surface area contributed by atoms with E-state index in [1.165, 1.54) is 0 Å². The number of fused-ring (bicyclic) bond motifs is 2. The van der Waals surface area contributed by atoms with Gasteiger partial charge in [-0.05, 0) is 43.2 Å². The van der Waals surface area contributed by atoms with Crippen LogP contribution in [0.4, 0.5) is 0 Å². The predicted molar refractivity (Wildman–Crippen MR) is 107 cm³/mol. The van der Waals surface area contributed by atoms with Gasteiger partial charge in [-0.3, -0.25) is 0 Å². The summed E-state index contributed by atoms with van der Waals surface area (Å²) >= 11 is 12.6. The summed E-state index contributed by atoms with van der Waals surface area (Å²) in [6.07, 6.45) is 2.23. The quantitative estimate of drug-likeness (QED) is 0.479. The zero-order valence-electron chi connectivity index (χ0n) is 14.4. The van der Waals surface area contributed by atoms with E-state index in [2.05, 4.69) is 4.57 Å². The molecule has 1 saturated heterocycles. The van der Waals surface area contributed by atoms with Crippen molar-refractivity contribution in [2.75, 3.05) is 6.61 Å². The van der Waals surface area contributed by atoms with Crippen molar-refractivity contribution in [3.8, 4) is 11.4 Å². The van der Waals surface area contributed by atoms with Gasteiger partial charge < -0.3 is 9.30 Å². The van der Waals surface area contributed by atoms with Crippen LogP contribution in [0.5, 0.6) is 0 Å². The Morgan fingerprint density at radius 3 is 2.59 bits per heavy atom. The van der Waals surface area contributed by atoms with Gasteiger partial charge in [-0.25, -0.2) is 15.0 Å². The minimum atomic E-state index is 0.139. The van der Waals surface area contributed by atoms with Gasteiger partial charge >= 0.3 is 0 Å². The molecular formula is C20H16Cl2N4O. The van der Waals surface area contributed by atoms with E-state index in [0.717, 1.165) is 47.5 Å².